The largest absolute Gasteiger partial charge is 0.360 e. The predicted molar refractivity (Wildman–Crippen MR) is 102 cm³/mol. The van der Waals surface area contributed by atoms with Crippen LogP contribution in [0.1, 0.15) is 37.8 Å². The highest BCUT2D eigenvalue weighted by atomic mass is 32.1. The molecule has 0 radical (unpaired) electrons. The number of nitriles is 1. The van der Waals surface area contributed by atoms with Crippen molar-refractivity contribution in [2.45, 2.75) is 44.9 Å². The second-order valence-corrected chi connectivity index (χ2v) is 7.00. The molecule has 0 aromatic heterocycles. The van der Waals surface area contributed by atoms with Gasteiger partial charge in [0, 0.05) is 32.7 Å². The molecular formula is C19H26FN3O2S. The van der Waals surface area contributed by atoms with Crippen LogP contribution in [0.5, 0.6) is 0 Å². The van der Waals surface area contributed by atoms with E-state index < -0.39 is 5.82 Å². The van der Waals surface area contributed by atoms with E-state index in [1.54, 1.807) is 12.1 Å². The normalized spacial score (nSPS) is 22.8. The standard InChI is InChI=1S/C19H24FN3O2.H2S/c1-3-23-13-19(25-14(2)18(23)24)6-8-22(9-7-19)12-15-4-5-17(20)16(10-15)11-21;/h4-5,10,14H,3,6-9,12-13H2,1-2H3;1H2/t14-;/m0./s1. The van der Waals surface area contributed by atoms with Gasteiger partial charge in [0.15, 0.2) is 0 Å². The first kappa shape index (κ1) is 20.7. The molecule has 0 saturated carbocycles. The van der Waals surface area contributed by atoms with Crippen LogP contribution < -0.4 is 0 Å². The third kappa shape index (κ3) is 4.20. The van der Waals surface area contributed by atoms with E-state index in [0.29, 0.717) is 19.6 Å². The lowest BCUT2D eigenvalue weighted by Gasteiger charge is -2.49. The fourth-order valence-corrected chi connectivity index (χ4v) is 3.82. The molecule has 26 heavy (non-hydrogen) atoms. The summed E-state index contributed by atoms with van der Waals surface area (Å²) in [5, 5.41) is 8.96. The zero-order chi connectivity index (χ0) is 18.0. The number of rotatable bonds is 3. The lowest BCUT2D eigenvalue weighted by molar-refractivity contribution is -0.189. The van der Waals surface area contributed by atoms with Gasteiger partial charge in [0.25, 0.3) is 5.91 Å². The third-order valence-electron chi connectivity index (χ3n) is 5.27. The first-order valence-corrected chi connectivity index (χ1v) is 8.84. The summed E-state index contributed by atoms with van der Waals surface area (Å²) in [4.78, 5) is 16.3. The van der Waals surface area contributed by atoms with Crippen LogP contribution in [0.2, 0.25) is 0 Å². The molecule has 2 fully saturated rings. The van der Waals surface area contributed by atoms with Crippen molar-refractivity contribution in [1.82, 2.24) is 9.80 Å². The van der Waals surface area contributed by atoms with Crippen molar-refractivity contribution in [3.05, 3.63) is 35.1 Å². The molecule has 2 aliphatic heterocycles. The monoisotopic (exact) mass is 379 g/mol. The molecule has 0 N–H and O–H groups in total. The van der Waals surface area contributed by atoms with E-state index in [2.05, 4.69) is 4.90 Å². The van der Waals surface area contributed by atoms with Crippen LogP contribution in [0.3, 0.4) is 0 Å². The van der Waals surface area contributed by atoms with Gasteiger partial charge in [0.05, 0.1) is 11.2 Å². The molecule has 142 valence electrons. The van der Waals surface area contributed by atoms with Gasteiger partial charge >= 0.3 is 0 Å². The van der Waals surface area contributed by atoms with E-state index in [-0.39, 0.29) is 36.7 Å². The number of hydrogen-bond donors (Lipinski definition) is 0. The molecule has 0 aliphatic carbocycles. The van der Waals surface area contributed by atoms with E-state index in [1.165, 1.54) is 6.07 Å². The van der Waals surface area contributed by atoms with Gasteiger partial charge in [0.2, 0.25) is 0 Å². The van der Waals surface area contributed by atoms with Gasteiger partial charge in [0.1, 0.15) is 18.0 Å². The second-order valence-electron chi connectivity index (χ2n) is 7.00. The highest BCUT2D eigenvalue weighted by molar-refractivity contribution is 7.59. The first-order chi connectivity index (χ1) is 12.0. The van der Waals surface area contributed by atoms with Crippen LogP contribution in [0.4, 0.5) is 4.39 Å². The fraction of sp³-hybridized carbons (Fsp3) is 0.579. The van der Waals surface area contributed by atoms with Crippen LogP contribution in [0.15, 0.2) is 18.2 Å². The van der Waals surface area contributed by atoms with Gasteiger partial charge in [-0.2, -0.15) is 18.8 Å². The Morgan fingerprint density at radius 3 is 2.69 bits per heavy atom. The minimum atomic E-state index is -0.474. The number of piperidine rings is 1. The topological polar surface area (TPSA) is 56.6 Å². The number of likely N-dealkylation sites (N-methyl/N-ethyl adjacent to an activating group) is 1. The predicted octanol–water partition coefficient (Wildman–Crippen LogP) is 2.41. The Hall–Kier alpha value is -1.62. The van der Waals surface area contributed by atoms with E-state index in [4.69, 9.17) is 10.00 Å². The van der Waals surface area contributed by atoms with Crippen LogP contribution >= 0.6 is 13.5 Å². The smallest absolute Gasteiger partial charge is 0.251 e. The molecule has 1 aromatic rings. The highest BCUT2D eigenvalue weighted by Crippen LogP contribution is 2.33. The zero-order valence-corrected chi connectivity index (χ0v) is 16.3. The van der Waals surface area contributed by atoms with E-state index in [1.807, 2.05) is 24.8 Å². The number of ether oxygens (including phenoxy) is 1. The van der Waals surface area contributed by atoms with E-state index in [9.17, 15) is 9.18 Å². The molecule has 2 heterocycles. The molecule has 0 bridgehead atoms. The fourth-order valence-electron chi connectivity index (χ4n) is 3.82. The minimum absolute atomic E-state index is 0. The number of amides is 1. The quantitative estimate of drug-likeness (QED) is 0.809. The average Bonchev–Trinajstić information content (AvgIpc) is 2.62. The number of benzene rings is 1. The van der Waals surface area contributed by atoms with Gasteiger partial charge in [-0.15, -0.1) is 0 Å². The van der Waals surface area contributed by atoms with Crippen molar-refractivity contribution in [2.75, 3.05) is 26.2 Å². The molecule has 1 spiro atoms. The van der Waals surface area contributed by atoms with Gasteiger partial charge in [-0.05, 0) is 44.4 Å². The van der Waals surface area contributed by atoms with Crippen molar-refractivity contribution >= 4 is 19.4 Å². The molecule has 5 nitrogen and oxygen atoms in total. The van der Waals surface area contributed by atoms with Gasteiger partial charge in [-0.3, -0.25) is 9.69 Å². The Balaban J connectivity index is 0.00000243. The molecule has 3 rings (SSSR count). The molecule has 2 aliphatic rings. The summed E-state index contributed by atoms with van der Waals surface area (Å²) in [5.41, 5.74) is 0.783. The Morgan fingerprint density at radius 1 is 1.38 bits per heavy atom. The lowest BCUT2D eigenvalue weighted by atomic mass is 9.88. The van der Waals surface area contributed by atoms with Gasteiger partial charge < -0.3 is 9.64 Å². The zero-order valence-electron chi connectivity index (χ0n) is 15.3. The molecule has 7 heteroatoms. The maximum Gasteiger partial charge on any atom is 0.251 e. The highest BCUT2D eigenvalue weighted by Gasteiger charge is 2.44. The Labute approximate surface area is 161 Å². The second kappa shape index (κ2) is 8.38. The summed E-state index contributed by atoms with van der Waals surface area (Å²) >= 11 is 0. The van der Waals surface area contributed by atoms with Crippen LogP contribution in [-0.2, 0) is 16.1 Å². The number of nitrogens with zero attached hydrogens (tertiary/aromatic N) is 3. The molecule has 0 unspecified atom stereocenters. The van der Waals surface area contributed by atoms with Gasteiger partial charge in [-0.1, -0.05) is 6.07 Å². The molecule has 1 atom stereocenters. The summed E-state index contributed by atoms with van der Waals surface area (Å²) < 4.78 is 19.5. The summed E-state index contributed by atoms with van der Waals surface area (Å²) in [6, 6.07) is 6.60. The molecule has 2 saturated heterocycles. The van der Waals surface area contributed by atoms with E-state index >= 15 is 0 Å². The summed E-state index contributed by atoms with van der Waals surface area (Å²) in [5.74, 6) is -0.399. The summed E-state index contributed by atoms with van der Waals surface area (Å²) in [6.07, 6.45) is 1.36. The molecule has 1 amide bonds. The maximum absolute atomic E-state index is 13.4. The Bertz CT molecular complexity index is 699. The third-order valence-corrected chi connectivity index (χ3v) is 5.27. The number of morpholine rings is 1. The SMILES string of the molecule is CCN1CC2(CCN(Cc3ccc(F)c(C#N)c3)CC2)O[C@@H](C)C1=O.S. The molecule has 1 aromatic carbocycles. The number of likely N-dealkylation sites (tertiary alicyclic amines) is 1. The number of hydrogen-bond acceptors (Lipinski definition) is 4. The Kier molecular flexibility index (Phi) is 6.67. The number of carbonyl (C=O) groups is 1. The molecular weight excluding hydrogens is 353 g/mol. The summed E-state index contributed by atoms with van der Waals surface area (Å²) in [6.45, 7) is 7.62. The van der Waals surface area contributed by atoms with Crippen molar-refractivity contribution in [3.8, 4) is 6.07 Å². The first-order valence-electron chi connectivity index (χ1n) is 8.84. The van der Waals surface area contributed by atoms with Crippen molar-refractivity contribution in [3.63, 3.8) is 0 Å². The maximum atomic E-state index is 13.4. The Morgan fingerprint density at radius 2 is 2.08 bits per heavy atom. The summed E-state index contributed by atoms with van der Waals surface area (Å²) in [7, 11) is 0. The minimum Gasteiger partial charge on any atom is -0.360 e. The average molecular weight is 380 g/mol. The number of halogens is 1. The van der Waals surface area contributed by atoms with Gasteiger partial charge in [-0.25, -0.2) is 4.39 Å². The van der Waals surface area contributed by atoms with Crippen LogP contribution in [0, 0.1) is 17.1 Å². The van der Waals surface area contributed by atoms with Crippen LogP contribution in [0.25, 0.3) is 0 Å². The van der Waals surface area contributed by atoms with Crippen molar-refractivity contribution < 1.29 is 13.9 Å². The van der Waals surface area contributed by atoms with Crippen molar-refractivity contribution in [1.29, 1.82) is 5.26 Å². The van der Waals surface area contributed by atoms with E-state index in [0.717, 1.165) is 31.5 Å². The lowest BCUT2D eigenvalue weighted by Crippen LogP contribution is -2.61. The number of carbonyl (C=O) groups excluding carboxylic acids is 1. The van der Waals surface area contributed by atoms with Crippen molar-refractivity contribution in [2.24, 2.45) is 0 Å². The van der Waals surface area contributed by atoms with Crippen LogP contribution in [-0.4, -0.2) is 53.6 Å².